The highest BCUT2D eigenvalue weighted by Crippen LogP contribution is 2.39. The Morgan fingerprint density at radius 1 is 0.889 bits per heavy atom. The standard InChI is InChI=1S/C39H54N2O3S/c1-10-12-31-22-34(24-37(43-8)39(31)44-9)38-16-15-35(45-38)26-41-19-17-40(18-20-41)25-32(27(3)11-2)14-13-28(4)33-21-29(5)30(6)36(23-33)42-7/h13-16,21-24,27H,10-12,17-20,25-26H2,1-9H3/b28-13+,32-14-. The van der Waals surface area contributed by atoms with E-state index in [9.17, 15) is 0 Å². The average Bonchev–Trinajstić information content (AvgIpc) is 3.52. The van der Waals surface area contributed by atoms with E-state index >= 15 is 0 Å². The van der Waals surface area contributed by atoms with Crippen LogP contribution in [0.3, 0.4) is 0 Å². The van der Waals surface area contributed by atoms with Gasteiger partial charge in [-0.2, -0.15) is 0 Å². The van der Waals surface area contributed by atoms with Crippen molar-refractivity contribution in [2.45, 2.75) is 67.3 Å². The number of thiophene rings is 1. The Kier molecular flexibility index (Phi) is 12.8. The van der Waals surface area contributed by atoms with E-state index in [1.165, 1.54) is 48.7 Å². The summed E-state index contributed by atoms with van der Waals surface area (Å²) < 4.78 is 17.0. The second-order valence-electron chi connectivity index (χ2n) is 12.5. The normalized spacial score (nSPS) is 15.8. The maximum Gasteiger partial charge on any atom is 0.163 e. The predicted octanol–water partition coefficient (Wildman–Crippen LogP) is 9.20. The summed E-state index contributed by atoms with van der Waals surface area (Å²) in [5.41, 5.74) is 8.91. The molecule has 0 radical (unpaired) electrons. The topological polar surface area (TPSA) is 34.2 Å². The summed E-state index contributed by atoms with van der Waals surface area (Å²) in [4.78, 5) is 7.93. The van der Waals surface area contributed by atoms with Gasteiger partial charge in [-0.15, -0.1) is 11.3 Å². The van der Waals surface area contributed by atoms with Crippen molar-refractivity contribution in [3.63, 3.8) is 0 Å². The number of piperazine rings is 1. The van der Waals surface area contributed by atoms with Gasteiger partial charge in [-0.05, 0) is 103 Å². The molecular weight excluding hydrogens is 577 g/mol. The molecule has 1 fully saturated rings. The van der Waals surface area contributed by atoms with Gasteiger partial charge in [0, 0.05) is 49.0 Å². The Morgan fingerprint density at radius 3 is 2.24 bits per heavy atom. The molecule has 1 aliphatic heterocycles. The summed E-state index contributed by atoms with van der Waals surface area (Å²) in [5, 5.41) is 0. The number of allylic oxidation sites excluding steroid dienone is 3. The zero-order valence-electron chi connectivity index (χ0n) is 29.1. The maximum absolute atomic E-state index is 5.69. The Bertz CT molecular complexity index is 1480. The summed E-state index contributed by atoms with van der Waals surface area (Å²) in [5.74, 6) is 3.19. The molecule has 1 atom stereocenters. The third-order valence-corrected chi connectivity index (χ3v) is 10.5. The highest BCUT2D eigenvalue weighted by atomic mass is 32.1. The van der Waals surface area contributed by atoms with Crippen LogP contribution in [0.25, 0.3) is 16.0 Å². The molecule has 4 rings (SSSR count). The van der Waals surface area contributed by atoms with Gasteiger partial charge in [0.05, 0.1) is 21.3 Å². The molecule has 3 aromatic rings. The lowest BCUT2D eigenvalue weighted by molar-refractivity contribution is 0.134. The minimum atomic E-state index is 0.556. The zero-order chi connectivity index (χ0) is 32.5. The molecule has 5 nitrogen and oxygen atoms in total. The highest BCUT2D eigenvalue weighted by molar-refractivity contribution is 7.15. The molecule has 244 valence electrons. The Hall–Kier alpha value is -3.06. The summed E-state index contributed by atoms with van der Waals surface area (Å²) in [7, 11) is 5.20. The Morgan fingerprint density at radius 2 is 1.60 bits per heavy atom. The number of benzene rings is 2. The van der Waals surface area contributed by atoms with Crippen molar-refractivity contribution in [3.05, 3.63) is 81.3 Å². The first-order valence-electron chi connectivity index (χ1n) is 16.5. The van der Waals surface area contributed by atoms with E-state index < -0.39 is 0 Å². The zero-order valence-corrected chi connectivity index (χ0v) is 29.9. The van der Waals surface area contributed by atoms with Crippen LogP contribution < -0.4 is 14.2 Å². The first kappa shape index (κ1) is 34.8. The molecule has 1 aromatic heterocycles. The van der Waals surface area contributed by atoms with Gasteiger partial charge in [0.15, 0.2) is 11.5 Å². The van der Waals surface area contributed by atoms with Crippen molar-refractivity contribution >= 4 is 16.9 Å². The van der Waals surface area contributed by atoms with E-state index in [0.29, 0.717) is 5.92 Å². The van der Waals surface area contributed by atoms with Gasteiger partial charge >= 0.3 is 0 Å². The fraction of sp³-hybridized carbons (Fsp3) is 0.487. The van der Waals surface area contributed by atoms with E-state index in [1.807, 2.05) is 11.3 Å². The molecule has 1 unspecified atom stereocenters. The van der Waals surface area contributed by atoms with Gasteiger partial charge in [0.25, 0.3) is 0 Å². The SMILES string of the molecule is CCCc1cc(-c2ccc(CN3CCN(C/C(=C/C=C(\C)c4cc(C)c(C)c(OC)c4)C(C)CC)CC3)s2)cc(OC)c1OC. The lowest BCUT2D eigenvalue weighted by atomic mass is 9.95. The summed E-state index contributed by atoms with van der Waals surface area (Å²) in [6, 6.07) is 13.4. The van der Waals surface area contributed by atoms with Gasteiger partial charge in [-0.1, -0.05) is 51.0 Å². The molecule has 0 N–H and O–H groups in total. The van der Waals surface area contributed by atoms with E-state index in [2.05, 4.69) is 99.9 Å². The quantitative estimate of drug-likeness (QED) is 0.166. The van der Waals surface area contributed by atoms with Crippen LogP contribution in [0, 0.1) is 19.8 Å². The van der Waals surface area contributed by atoms with Crippen LogP contribution >= 0.6 is 11.3 Å². The first-order chi connectivity index (χ1) is 21.7. The van der Waals surface area contributed by atoms with Gasteiger partial charge in [-0.3, -0.25) is 9.80 Å². The highest BCUT2D eigenvalue weighted by Gasteiger charge is 2.20. The molecular formula is C39H54N2O3S. The molecule has 0 saturated carbocycles. The summed E-state index contributed by atoms with van der Waals surface area (Å²) in [6.07, 6.45) is 7.88. The lowest BCUT2D eigenvalue weighted by Gasteiger charge is -2.35. The fourth-order valence-corrected chi connectivity index (χ4v) is 7.11. The van der Waals surface area contributed by atoms with Crippen LogP contribution in [-0.4, -0.2) is 63.9 Å². The predicted molar refractivity (Wildman–Crippen MR) is 192 cm³/mol. The Balaban J connectivity index is 1.39. The van der Waals surface area contributed by atoms with E-state index in [0.717, 1.165) is 75.8 Å². The third kappa shape index (κ3) is 8.81. The maximum atomic E-state index is 5.69. The smallest absolute Gasteiger partial charge is 0.163 e. The fourth-order valence-electron chi connectivity index (χ4n) is 6.07. The lowest BCUT2D eigenvalue weighted by Crippen LogP contribution is -2.46. The summed E-state index contributed by atoms with van der Waals surface area (Å²) in [6.45, 7) is 19.8. The molecule has 6 heteroatoms. The molecule has 0 spiro atoms. The minimum absolute atomic E-state index is 0.556. The van der Waals surface area contributed by atoms with Crippen molar-refractivity contribution in [2.75, 3.05) is 54.1 Å². The third-order valence-electron chi connectivity index (χ3n) is 9.36. The molecule has 0 aliphatic carbocycles. The monoisotopic (exact) mass is 630 g/mol. The second kappa shape index (κ2) is 16.5. The molecule has 45 heavy (non-hydrogen) atoms. The summed E-state index contributed by atoms with van der Waals surface area (Å²) >= 11 is 1.89. The number of aryl methyl sites for hydroxylation is 2. The van der Waals surface area contributed by atoms with E-state index in [4.69, 9.17) is 14.2 Å². The van der Waals surface area contributed by atoms with Crippen LogP contribution in [0.1, 0.15) is 67.7 Å². The minimum Gasteiger partial charge on any atom is -0.496 e. The van der Waals surface area contributed by atoms with Crippen LogP contribution in [0.15, 0.2) is 54.1 Å². The molecule has 1 aliphatic rings. The number of rotatable bonds is 14. The molecule has 1 saturated heterocycles. The number of ether oxygens (including phenoxy) is 3. The van der Waals surface area contributed by atoms with Crippen LogP contribution in [-0.2, 0) is 13.0 Å². The van der Waals surface area contributed by atoms with E-state index in [1.54, 1.807) is 21.3 Å². The van der Waals surface area contributed by atoms with Crippen LogP contribution in [0.5, 0.6) is 17.2 Å². The van der Waals surface area contributed by atoms with Crippen LogP contribution in [0.2, 0.25) is 0 Å². The van der Waals surface area contributed by atoms with Gasteiger partial charge in [0.1, 0.15) is 5.75 Å². The number of nitrogens with zero attached hydrogens (tertiary/aromatic N) is 2. The van der Waals surface area contributed by atoms with Crippen LogP contribution in [0.4, 0.5) is 0 Å². The molecule has 2 heterocycles. The van der Waals surface area contributed by atoms with Crippen molar-refractivity contribution in [1.82, 2.24) is 9.80 Å². The van der Waals surface area contributed by atoms with Crippen molar-refractivity contribution < 1.29 is 14.2 Å². The van der Waals surface area contributed by atoms with Crippen molar-refractivity contribution in [2.24, 2.45) is 5.92 Å². The van der Waals surface area contributed by atoms with E-state index in [-0.39, 0.29) is 0 Å². The Labute approximate surface area is 276 Å². The molecule has 0 bridgehead atoms. The number of methoxy groups -OCH3 is 3. The number of hydrogen-bond acceptors (Lipinski definition) is 6. The molecule has 2 aromatic carbocycles. The first-order valence-corrected chi connectivity index (χ1v) is 17.3. The second-order valence-corrected chi connectivity index (χ2v) is 13.6. The van der Waals surface area contributed by atoms with Gasteiger partial charge in [-0.25, -0.2) is 0 Å². The van der Waals surface area contributed by atoms with Crippen molar-refractivity contribution in [3.8, 4) is 27.7 Å². The largest absolute Gasteiger partial charge is 0.496 e. The van der Waals surface area contributed by atoms with Crippen molar-refractivity contribution in [1.29, 1.82) is 0 Å². The van der Waals surface area contributed by atoms with Gasteiger partial charge in [0.2, 0.25) is 0 Å². The number of hydrogen-bond donors (Lipinski definition) is 0. The molecule has 0 amide bonds. The average molecular weight is 631 g/mol. The van der Waals surface area contributed by atoms with Gasteiger partial charge < -0.3 is 14.2 Å².